The van der Waals surface area contributed by atoms with Crippen LogP contribution in [0.4, 0.5) is 0 Å². The molecular weight excluding hydrogens is 204 g/mol. The third-order valence-electron chi connectivity index (χ3n) is 2.11. The average molecular weight is 220 g/mol. The number of aromatic nitrogens is 1. The molecule has 0 aliphatic heterocycles. The van der Waals surface area contributed by atoms with E-state index in [1.54, 1.807) is 12.3 Å². The zero-order chi connectivity index (χ0) is 12.0. The predicted molar refractivity (Wildman–Crippen MR) is 63.5 cm³/mol. The van der Waals surface area contributed by atoms with Gasteiger partial charge in [0.15, 0.2) is 5.69 Å². The molecule has 16 heavy (non-hydrogen) atoms. The fraction of sp³-hybridized carbons (Fsp3) is 0.333. The molecule has 0 saturated carbocycles. The number of aryl methyl sites for hydroxylation is 1. The van der Waals surface area contributed by atoms with Crippen LogP contribution in [0, 0.1) is 6.92 Å². The summed E-state index contributed by atoms with van der Waals surface area (Å²) < 4.78 is 0. The fourth-order valence-electron chi connectivity index (χ4n) is 1.34. The standard InChI is InChI=1S/C12H16N2O2/c1-9-7-10(5-3-4-6-13-2)11(12(15)16)14-8-9/h3,5,7-8,13H,4,6H2,1-2H3,(H,15,16). The van der Waals surface area contributed by atoms with Crippen LogP contribution in [0.5, 0.6) is 0 Å². The van der Waals surface area contributed by atoms with Gasteiger partial charge < -0.3 is 10.4 Å². The first kappa shape index (κ1) is 12.4. The molecular formula is C12H16N2O2. The smallest absolute Gasteiger partial charge is 0.355 e. The summed E-state index contributed by atoms with van der Waals surface area (Å²) in [5.41, 5.74) is 1.72. The zero-order valence-electron chi connectivity index (χ0n) is 9.53. The van der Waals surface area contributed by atoms with Crippen molar-refractivity contribution >= 4 is 12.0 Å². The van der Waals surface area contributed by atoms with Crippen molar-refractivity contribution in [3.05, 3.63) is 35.2 Å². The number of aromatic carboxylic acids is 1. The summed E-state index contributed by atoms with van der Waals surface area (Å²) in [6.07, 6.45) is 6.18. The number of carboxylic acid groups (broad SMARTS) is 1. The van der Waals surface area contributed by atoms with Gasteiger partial charge in [-0.05, 0) is 38.6 Å². The first-order valence-electron chi connectivity index (χ1n) is 5.16. The van der Waals surface area contributed by atoms with Crippen LogP contribution in [0.15, 0.2) is 18.3 Å². The number of carbonyl (C=O) groups is 1. The van der Waals surface area contributed by atoms with Crippen molar-refractivity contribution in [3.63, 3.8) is 0 Å². The molecule has 86 valence electrons. The number of hydrogen-bond donors (Lipinski definition) is 2. The third-order valence-corrected chi connectivity index (χ3v) is 2.11. The Morgan fingerprint density at radius 3 is 3.00 bits per heavy atom. The largest absolute Gasteiger partial charge is 0.476 e. The molecule has 2 N–H and O–H groups in total. The van der Waals surface area contributed by atoms with Crippen molar-refractivity contribution in [1.29, 1.82) is 0 Å². The van der Waals surface area contributed by atoms with Gasteiger partial charge in [0.05, 0.1) is 0 Å². The minimum atomic E-state index is -0.992. The Labute approximate surface area is 95.0 Å². The zero-order valence-corrected chi connectivity index (χ0v) is 9.53. The van der Waals surface area contributed by atoms with Crippen LogP contribution >= 0.6 is 0 Å². The Morgan fingerprint density at radius 1 is 1.62 bits per heavy atom. The molecule has 0 radical (unpaired) electrons. The summed E-state index contributed by atoms with van der Waals surface area (Å²) in [5, 5.41) is 12.0. The van der Waals surface area contributed by atoms with E-state index in [0.29, 0.717) is 5.56 Å². The molecule has 4 nitrogen and oxygen atoms in total. The number of nitrogens with zero attached hydrogens (tertiary/aromatic N) is 1. The molecule has 0 bridgehead atoms. The molecule has 0 aliphatic carbocycles. The van der Waals surface area contributed by atoms with Crippen LogP contribution in [0.1, 0.15) is 28.0 Å². The Hall–Kier alpha value is -1.68. The maximum atomic E-state index is 10.9. The number of pyridine rings is 1. The van der Waals surface area contributed by atoms with Crippen molar-refractivity contribution in [2.75, 3.05) is 13.6 Å². The lowest BCUT2D eigenvalue weighted by Gasteiger charge is -2.01. The predicted octanol–water partition coefficient (Wildman–Crippen LogP) is 1.71. The highest BCUT2D eigenvalue weighted by Gasteiger charge is 2.09. The summed E-state index contributed by atoms with van der Waals surface area (Å²) in [6, 6.07) is 1.83. The van der Waals surface area contributed by atoms with Crippen molar-refractivity contribution < 1.29 is 9.90 Å². The molecule has 1 aromatic rings. The molecule has 0 unspecified atom stereocenters. The van der Waals surface area contributed by atoms with Crippen LogP contribution in [0.25, 0.3) is 6.08 Å². The lowest BCUT2D eigenvalue weighted by atomic mass is 10.1. The quantitative estimate of drug-likeness (QED) is 0.741. The van der Waals surface area contributed by atoms with Crippen LogP contribution in [0.2, 0.25) is 0 Å². The maximum absolute atomic E-state index is 10.9. The lowest BCUT2D eigenvalue weighted by molar-refractivity contribution is 0.0690. The van der Waals surface area contributed by atoms with Gasteiger partial charge in [0, 0.05) is 11.8 Å². The van der Waals surface area contributed by atoms with Gasteiger partial charge in [0.25, 0.3) is 0 Å². The van der Waals surface area contributed by atoms with Gasteiger partial charge >= 0.3 is 5.97 Å². The Kier molecular flexibility index (Phi) is 4.66. The van der Waals surface area contributed by atoms with Gasteiger partial charge in [-0.1, -0.05) is 12.2 Å². The van der Waals surface area contributed by atoms with Crippen molar-refractivity contribution in [2.24, 2.45) is 0 Å². The van der Waals surface area contributed by atoms with E-state index in [1.165, 1.54) is 0 Å². The minimum Gasteiger partial charge on any atom is -0.476 e. The second kappa shape index (κ2) is 6.02. The van der Waals surface area contributed by atoms with Crippen molar-refractivity contribution in [1.82, 2.24) is 10.3 Å². The van der Waals surface area contributed by atoms with Gasteiger partial charge in [-0.2, -0.15) is 0 Å². The third kappa shape index (κ3) is 3.47. The van der Waals surface area contributed by atoms with Gasteiger partial charge in [-0.3, -0.25) is 0 Å². The highest BCUT2D eigenvalue weighted by Crippen LogP contribution is 2.11. The molecule has 1 rings (SSSR count). The van der Waals surface area contributed by atoms with Gasteiger partial charge in [0.2, 0.25) is 0 Å². The second-order valence-electron chi connectivity index (χ2n) is 3.55. The van der Waals surface area contributed by atoms with Crippen molar-refractivity contribution in [3.8, 4) is 0 Å². The van der Waals surface area contributed by atoms with Crippen LogP contribution in [-0.2, 0) is 0 Å². The van der Waals surface area contributed by atoms with E-state index in [1.807, 2.05) is 26.1 Å². The number of carboxylic acids is 1. The lowest BCUT2D eigenvalue weighted by Crippen LogP contribution is -2.06. The SMILES string of the molecule is CNCCC=Cc1cc(C)cnc1C(=O)O. The van der Waals surface area contributed by atoms with Crippen LogP contribution in [0.3, 0.4) is 0 Å². The topological polar surface area (TPSA) is 62.2 Å². The fourth-order valence-corrected chi connectivity index (χ4v) is 1.34. The minimum absolute atomic E-state index is 0.103. The van der Waals surface area contributed by atoms with Crippen molar-refractivity contribution in [2.45, 2.75) is 13.3 Å². The average Bonchev–Trinajstić information content (AvgIpc) is 2.24. The van der Waals surface area contributed by atoms with Crippen LogP contribution in [-0.4, -0.2) is 29.7 Å². The van der Waals surface area contributed by atoms with E-state index in [4.69, 9.17) is 5.11 Å². The second-order valence-corrected chi connectivity index (χ2v) is 3.55. The van der Waals surface area contributed by atoms with E-state index in [9.17, 15) is 4.79 Å². The molecule has 1 aromatic heterocycles. The van der Waals surface area contributed by atoms with E-state index >= 15 is 0 Å². The molecule has 0 atom stereocenters. The summed E-state index contributed by atoms with van der Waals surface area (Å²) in [7, 11) is 1.88. The molecule has 4 heteroatoms. The molecule has 0 aromatic carbocycles. The molecule has 0 saturated heterocycles. The Balaban J connectivity index is 2.88. The molecule has 0 spiro atoms. The highest BCUT2D eigenvalue weighted by molar-refractivity contribution is 5.89. The van der Waals surface area contributed by atoms with Crippen LogP contribution < -0.4 is 5.32 Å². The van der Waals surface area contributed by atoms with E-state index in [0.717, 1.165) is 18.5 Å². The van der Waals surface area contributed by atoms with E-state index in [2.05, 4.69) is 10.3 Å². The van der Waals surface area contributed by atoms with Gasteiger partial charge in [-0.25, -0.2) is 9.78 Å². The monoisotopic (exact) mass is 220 g/mol. The molecule has 0 fully saturated rings. The number of hydrogen-bond acceptors (Lipinski definition) is 3. The normalized spacial score (nSPS) is 10.9. The van der Waals surface area contributed by atoms with Gasteiger partial charge in [0.1, 0.15) is 0 Å². The summed E-state index contributed by atoms with van der Waals surface area (Å²) in [5.74, 6) is -0.992. The van der Waals surface area contributed by atoms with E-state index in [-0.39, 0.29) is 5.69 Å². The van der Waals surface area contributed by atoms with E-state index < -0.39 is 5.97 Å². The Morgan fingerprint density at radius 2 is 2.38 bits per heavy atom. The molecule has 0 aliphatic rings. The number of rotatable bonds is 5. The maximum Gasteiger partial charge on any atom is 0.355 e. The molecule has 1 heterocycles. The summed E-state index contributed by atoms with van der Waals surface area (Å²) in [6.45, 7) is 2.77. The first-order valence-corrected chi connectivity index (χ1v) is 5.16. The summed E-state index contributed by atoms with van der Waals surface area (Å²) in [4.78, 5) is 14.8. The summed E-state index contributed by atoms with van der Waals surface area (Å²) >= 11 is 0. The number of nitrogens with one attached hydrogen (secondary N) is 1. The Bertz CT molecular complexity index is 400. The van der Waals surface area contributed by atoms with Gasteiger partial charge in [-0.15, -0.1) is 0 Å². The highest BCUT2D eigenvalue weighted by atomic mass is 16.4. The molecule has 0 amide bonds. The first-order chi connectivity index (χ1) is 7.65.